The topological polar surface area (TPSA) is 69.6 Å². The van der Waals surface area contributed by atoms with Crippen LogP contribution in [0.2, 0.25) is 0 Å². The van der Waals surface area contributed by atoms with Gasteiger partial charge < -0.3 is 15.5 Å². The number of guanidine groups is 1. The molecule has 2 heterocycles. The van der Waals surface area contributed by atoms with Crippen LogP contribution in [0.25, 0.3) is 0 Å². The molecule has 1 amide bonds. The highest BCUT2D eigenvalue weighted by atomic mass is 127. The lowest BCUT2D eigenvalue weighted by atomic mass is 9.98. The lowest BCUT2D eigenvalue weighted by Crippen LogP contribution is -2.50. The summed E-state index contributed by atoms with van der Waals surface area (Å²) in [6.07, 6.45) is -1.09. The number of thiazole rings is 1. The molecule has 2 N–H and O–H groups in total. The molecule has 172 valence electrons. The van der Waals surface area contributed by atoms with Gasteiger partial charge in [0, 0.05) is 37.0 Å². The maximum Gasteiger partial charge on any atom is 0.434 e. The second kappa shape index (κ2) is 12.7. The van der Waals surface area contributed by atoms with Gasteiger partial charge in [-0.15, -0.1) is 35.3 Å². The largest absolute Gasteiger partial charge is 0.434 e. The van der Waals surface area contributed by atoms with Crippen LogP contribution in [-0.4, -0.2) is 47.4 Å². The number of rotatable bonds is 7. The summed E-state index contributed by atoms with van der Waals surface area (Å²) < 4.78 is 38.0. The third kappa shape index (κ3) is 7.86. The van der Waals surface area contributed by atoms with Gasteiger partial charge in [0.1, 0.15) is 5.01 Å². The van der Waals surface area contributed by atoms with Crippen molar-refractivity contribution in [1.29, 1.82) is 0 Å². The van der Waals surface area contributed by atoms with Crippen LogP contribution in [-0.2, 0) is 17.5 Å². The lowest BCUT2D eigenvalue weighted by molar-refractivity contribution is -0.140. The van der Waals surface area contributed by atoms with Crippen molar-refractivity contribution in [2.45, 2.75) is 65.2 Å². The van der Waals surface area contributed by atoms with Crippen LogP contribution >= 0.6 is 35.3 Å². The number of aromatic nitrogens is 1. The first-order chi connectivity index (χ1) is 13.8. The molecule has 1 fully saturated rings. The minimum atomic E-state index is -4.43. The zero-order valence-electron chi connectivity index (χ0n) is 17.6. The number of aliphatic imine (C=N–C) groups is 1. The first-order valence-electron chi connectivity index (χ1n) is 10.1. The molecule has 0 bridgehead atoms. The number of hydrogen-bond acceptors (Lipinski definition) is 4. The predicted octanol–water partition coefficient (Wildman–Crippen LogP) is 4.26. The van der Waals surface area contributed by atoms with E-state index in [2.05, 4.69) is 20.6 Å². The monoisotopic (exact) mass is 561 g/mol. The van der Waals surface area contributed by atoms with Crippen molar-refractivity contribution < 1.29 is 18.0 Å². The number of likely N-dealkylation sites (tertiary alicyclic amines) is 1. The van der Waals surface area contributed by atoms with Crippen LogP contribution in [0, 0.1) is 5.92 Å². The summed E-state index contributed by atoms with van der Waals surface area (Å²) in [6.45, 7) is 8.14. The molecule has 11 heteroatoms. The summed E-state index contributed by atoms with van der Waals surface area (Å²) in [5, 5.41) is 7.79. The Morgan fingerprint density at radius 1 is 1.30 bits per heavy atom. The molecule has 1 aliphatic rings. The van der Waals surface area contributed by atoms with Gasteiger partial charge in [0.2, 0.25) is 5.91 Å². The van der Waals surface area contributed by atoms with Crippen LogP contribution in [0.1, 0.15) is 57.2 Å². The number of piperidine rings is 1. The highest BCUT2D eigenvalue weighted by Crippen LogP contribution is 2.30. The van der Waals surface area contributed by atoms with E-state index in [1.807, 2.05) is 25.7 Å². The van der Waals surface area contributed by atoms with Gasteiger partial charge in [0.15, 0.2) is 11.7 Å². The molecular formula is C19H31F3IN5OS. The minimum absolute atomic E-state index is 0. The van der Waals surface area contributed by atoms with Crippen LogP contribution < -0.4 is 10.6 Å². The number of hydrogen-bond donors (Lipinski definition) is 2. The standard InChI is InChI=1S/C19H30F3N5OS.HI/c1-4-13(5-2)17(28)27-9-7-14(8-10-27)25-18(23-6-3)24-11-16-26-15(12-29-16)19(20,21)22;/h12-14H,4-11H2,1-3H3,(H2,23,24,25);1H. The third-order valence-electron chi connectivity index (χ3n) is 5.04. The molecule has 1 aromatic heterocycles. The number of carbonyl (C=O) groups is 1. The predicted molar refractivity (Wildman–Crippen MR) is 124 cm³/mol. The second-order valence-corrected chi connectivity index (χ2v) is 8.02. The van der Waals surface area contributed by atoms with Gasteiger partial charge >= 0.3 is 6.18 Å². The number of amides is 1. The van der Waals surface area contributed by atoms with E-state index in [4.69, 9.17) is 0 Å². The fourth-order valence-electron chi connectivity index (χ4n) is 3.31. The summed E-state index contributed by atoms with van der Waals surface area (Å²) in [7, 11) is 0. The van der Waals surface area contributed by atoms with Gasteiger partial charge in [0.05, 0.1) is 6.54 Å². The number of alkyl halides is 3. The minimum Gasteiger partial charge on any atom is -0.357 e. The molecule has 0 spiro atoms. The van der Waals surface area contributed by atoms with Crippen LogP contribution in [0.3, 0.4) is 0 Å². The van der Waals surface area contributed by atoms with E-state index < -0.39 is 11.9 Å². The van der Waals surface area contributed by atoms with Gasteiger partial charge in [0.25, 0.3) is 0 Å². The molecule has 0 radical (unpaired) electrons. The molecule has 0 unspecified atom stereocenters. The summed E-state index contributed by atoms with van der Waals surface area (Å²) in [4.78, 5) is 22.4. The van der Waals surface area contributed by atoms with E-state index in [9.17, 15) is 18.0 Å². The smallest absolute Gasteiger partial charge is 0.357 e. The number of nitrogens with zero attached hydrogens (tertiary/aromatic N) is 3. The maximum absolute atomic E-state index is 12.7. The molecule has 30 heavy (non-hydrogen) atoms. The Balaban J connectivity index is 0.00000450. The van der Waals surface area contributed by atoms with Gasteiger partial charge in [-0.1, -0.05) is 13.8 Å². The zero-order valence-corrected chi connectivity index (χ0v) is 20.7. The molecule has 1 aromatic rings. The highest BCUT2D eigenvalue weighted by molar-refractivity contribution is 14.0. The maximum atomic E-state index is 12.7. The average Bonchev–Trinajstić information content (AvgIpc) is 3.17. The van der Waals surface area contributed by atoms with Crippen molar-refractivity contribution in [2.24, 2.45) is 10.9 Å². The Bertz CT molecular complexity index is 686. The summed E-state index contributed by atoms with van der Waals surface area (Å²) in [5.41, 5.74) is -0.875. The number of nitrogens with one attached hydrogen (secondary N) is 2. The molecule has 1 aliphatic heterocycles. The third-order valence-corrected chi connectivity index (χ3v) is 5.87. The molecule has 0 aromatic carbocycles. The Labute approximate surface area is 197 Å². The van der Waals surface area contributed by atoms with Crippen LogP contribution in [0.15, 0.2) is 10.4 Å². The van der Waals surface area contributed by atoms with Gasteiger partial charge in [-0.3, -0.25) is 4.79 Å². The Morgan fingerprint density at radius 2 is 1.93 bits per heavy atom. The first-order valence-corrected chi connectivity index (χ1v) is 11.0. The summed E-state index contributed by atoms with van der Waals surface area (Å²) in [5.74, 6) is 0.887. The first kappa shape index (κ1) is 26.9. The molecule has 0 saturated carbocycles. The van der Waals surface area contributed by atoms with E-state index in [0.29, 0.717) is 30.6 Å². The molecule has 0 atom stereocenters. The zero-order chi connectivity index (χ0) is 21.4. The van der Waals surface area contributed by atoms with E-state index >= 15 is 0 Å². The quantitative estimate of drug-likeness (QED) is 0.297. The van der Waals surface area contributed by atoms with Crippen LogP contribution in [0.5, 0.6) is 0 Å². The number of halogens is 4. The van der Waals surface area contributed by atoms with E-state index in [1.165, 1.54) is 0 Å². The molecular weight excluding hydrogens is 530 g/mol. The van der Waals surface area contributed by atoms with Crippen molar-refractivity contribution in [3.8, 4) is 0 Å². The van der Waals surface area contributed by atoms with Gasteiger partial charge in [-0.25, -0.2) is 9.98 Å². The fourth-order valence-corrected chi connectivity index (χ4v) is 4.04. The van der Waals surface area contributed by atoms with Crippen molar-refractivity contribution in [3.05, 3.63) is 16.1 Å². The summed E-state index contributed by atoms with van der Waals surface area (Å²) >= 11 is 0.955. The van der Waals surface area contributed by atoms with Crippen molar-refractivity contribution in [1.82, 2.24) is 20.5 Å². The van der Waals surface area contributed by atoms with E-state index in [0.717, 1.165) is 42.4 Å². The van der Waals surface area contributed by atoms with E-state index in [1.54, 1.807) is 0 Å². The Morgan fingerprint density at radius 3 is 2.43 bits per heavy atom. The Kier molecular flexibility index (Phi) is 11.4. The Hall–Kier alpha value is -1.11. The fraction of sp³-hybridized carbons (Fsp3) is 0.737. The van der Waals surface area contributed by atoms with Crippen molar-refractivity contribution >= 4 is 47.2 Å². The normalized spacial score (nSPS) is 15.8. The molecule has 1 saturated heterocycles. The van der Waals surface area contributed by atoms with Crippen LogP contribution in [0.4, 0.5) is 13.2 Å². The SMILES string of the molecule is CCNC(=NCc1nc(C(F)(F)F)cs1)NC1CCN(C(=O)C(CC)CC)CC1.I. The second-order valence-electron chi connectivity index (χ2n) is 7.08. The molecule has 6 nitrogen and oxygen atoms in total. The van der Waals surface area contributed by atoms with Gasteiger partial charge in [-0.2, -0.15) is 13.2 Å². The molecule has 0 aliphatic carbocycles. The lowest BCUT2D eigenvalue weighted by Gasteiger charge is -2.34. The highest BCUT2D eigenvalue weighted by Gasteiger charge is 2.33. The van der Waals surface area contributed by atoms with Crippen molar-refractivity contribution in [3.63, 3.8) is 0 Å². The van der Waals surface area contributed by atoms with E-state index in [-0.39, 0.29) is 48.4 Å². The average molecular weight is 561 g/mol. The van der Waals surface area contributed by atoms with Gasteiger partial charge in [-0.05, 0) is 32.6 Å². The molecule has 2 rings (SSSR count). The van der Waals surface area contributed by atoms with Crippen molar-refractivity contribution in [2.75, 3.05) is 19.6 Å². The summed E-state index contributed by atoms with van der Waals surface area (Å²) in [6, 6.07) is 0.167. The number of carbonyl (C=O) groups excluding carboxylic acids is 1.